The van der Waals surface area contributed by atoms with Crippen LogP contribution in [0.4, 0.5) is 0 Å². The normalized spacial score (nSPS) is 15.7. The summed E-state index contributed by atoms with van der Waals surface area (Å²) in [7, 11) is 6.17. The number of aliphatic hydroxyl groups excluding tert-OH is 1. The van der Waals surface area contributed by atoms with E-state index < -0.39 is 6.10 Å². The number of hydrogen-bond acceptors (Lipinski definition) is 6. The largest absolute Gasteiger partial charge is 0.497 e. The molecule has 2 aromatic rings. The van der Waals surface area contributed by atoms with Crippen LogP contribution in [0.2, 0.25) is 0 Å². The van der Waals surface area contributed by atoms with Crippen molar-refractivity contribution in [2.24, 2.45) is 0 Å². The summed E-state index contributed by atoms with van der Waals surface area (Å²) in [5.74, 6) is 1.99. The van der Waals surface area contributed by atoms with Crippen LogP contribution in [-0.4, -0.2) is 50.9 Å². The number of β-amino-alcohol motifs (C(OH)–C–C–N with tert-alkyl or cyclic N) is 1. The Hall–Kier alpha value is -2.93. The van der Waals surface area contributed by atoms with Crippen LogP contribution in [0, 0.1) is 0 Å². The molecular weight excluding hydrogens is 350 g/mol. The maximum absolute atomic E-state index is 13.1. The molecule has 144 valence electrons. The maximum Gasteiger partial charge on any atom is 0.254 e. The molecule has 0 bridgehead atoms. The zero-order valence-corrected chi connectivity index (χ0v) is 15.8. The summed E-state index contributed by atoms with van der Waals surface area (Å²) in [6, 6.07) is 8.52. The minimum absolute atomic E-state index is 0.148. The first-order valence-corrected chi connectivity index (χ1v) is 8.46. The highest BCUT2D eigenvalue weighted by Crippen LogP contribution is 2.39. The Morgan fingerprint density at radius 3 is 2.11 bits per heavy atom. The standard InChI is InChI=1S/C20H23NO6/c1-24-13-7-12(8-14(9-13)25-2)20(23)21-10-15-17(26-3)5-6-18(27-4)19(15)16(22)11-21/h5-9,16,22H,10-11H2,1-4H3/t16-/m1/s1. The summed E-state index contributed by atoms with van der Waals surface area (Å²) in [5.41, 5.74) is 1.81. The Bertz CT molecular complexity index is 828. The van der Waals surface area contributed by atoms with Crippen LogP contribution in [-0.2, 0) is 6.54 Å². The molecule has 1 aliphatic rings. The third-order valence-electron chi connectivity index (χ3n) is 4.68. The predicted octanol–water partition coefficient (Wildman–Crippen LogP) is 2.41. The first-order valence-electron chi connectivity index (χ1n) is 8.46. The molecule has 7 nitrogen and oxygen atoms in total. The molecule has 0 unspecified atom stereocenters. The van der Waals surface area contributed by atoms with Gasteiger partial charge in [-0.3, -0.25) is 4.79 Å². The van der Waals surface area contributed by atoms with Crippen molar-refractivity contribution in [3.8, 4) is 23.0 Å². The summed E-state index contributed by atoms with van der Waals surface area (Å²) < 4.78 is 21.3. The fourth-order valence-electron chi connectivity index (χ4n) is 3.34. The molecule has 27 heavy (non-hydrogen) atoms. The molecule has 1 amide bonds. The van der Waals surface area contributed by atoms with E-state index in [1.807, 2.05) is 0 Å². The molecule has 3 rings (SSSR count). The van der Waals surface area contributed by atoms with Gasteiger partial charge in [-0.25, -0.2) is 0 Å². The van der Waals surface area contributed by atoms with E-state index in [1.165, 1.54) is 14.2 Å². The maximum atomic E-state index is 13.1. The van der Waals surface area contributed by atoms with Crippen LogP contribution >= 0.6 is 0 Å². The lowest BCUT2D eigenvalue weighted by Crippen LogP contribution is -2.38. The molecule has 2 aromatic carbocycles. The van der Waals surface area contributed by atoms with Gasteiger partial charge in [0.15, 0.2) is 0 Å². The van der Waals surface area contributed by atoms with Gasteiger partial charge in [0, 0.05) is 22.8 Å². The fourth-order valence-corrected chi connectivity index (χ4v) is 3.34. The van der Waals surface area contributed by atoms with Crippen molar-refractivity contribution in [2.45, 2.75) is 12.6 Å². The Morgan fingerprint density at radius 1 is 0.963 bits per heavy atom. The number of aliphatic hydroxyl groups is 1. The number of nitrogens with zero attached hydrogens (tertiary/aromatic N) is 1. The molecule has 7 heteroatoms. The summed E-state index contributed by atoms with van der Waals surface area (Å²) in [6.45, 7) is 0.444. The number of amides is 1. The topological polar surface area (TPSA) is 77.5 Å². The Kier molecular flexibility index (Phi) is 5.41. The lowest BCUT2D eigenvalue weighted by molar-refractivity contribution is 0.0538. The van der Waals surface area contributed by atoms with Gasteiger partial charge in [-0.15, -0.1) is 0 Å². The van der Waals surface area contributed by atoms with Crippen LogP contribution in [0.3, 0.4) is 0 Å². The van der Waals surface area contributed by atoms with E-state index >= 15 is 0 Å². The first-order chi connectivity index (χ1) is 13.0. The van der Waals surface area contributed by atoms with Crippen molar-refractivity contribution < 1.29 is 28.8 Å². The van der Waals surface area contributed by atoms with E-state index in [4.69, 9.17) is 18.9 Å². The Balaban J connectivity index is 1.98. The minimum Gasteiger partial charge on any atom is -0.497 e. The Morgan fingerprint density at radius 2 is 1.56 bits per heavy atom. The quantitative estimate of drug-likeness (QED) is 0.867. The highest BCUT2D eigenvalue weighted by Gasteiger charge is 2.32. The molecule has 1 heterocycles. The third kappa shape index (κ3) is 3.50. The number of benzene rings is 2. The first kappa shape index (κ1) is 18.8. The van der Waals surface area contributed by atoms with Gasteiger partial charge in [-0.2, -0.15) is 0 Å². The van der Waals surface area contributed by atoms with Crippen molar-refractivity contribution >= 4 is 5.91 Å². The zero-order valence-electron chi connectivity index (χ0n) is 15.8. The second-order valence-corrected chi connectivity index (χ2v) is 6.17. The third-order valence-corrected chi connectivity index (χ3v) is 4.68. The highest BCUT2D eigenvalue weighted by atomic mass is 16.5. The van der Waals surface area contributed by atoms with E-state index in [9.17, 15) is 9.90 Å². The predicted molar refractivity (Wildman–Crippen MR) is 98.8 cm³/mol. The monoisotopic (exact) mass is 373 g/mol. The number of ether oxygens (including phenoxy) is 4. The van der Waals surface area contributed by atoms with Crippen LogP contribution in [0.5, 0.6) is 23.0 Å². The van der Waals surface area contributed by atoms with Crippen molar-refractivity contribution in [2.75, 3.05) is 35.0 Å². The van der Waals surface area contributed by atoms with Crippen LogP contribution in [0.15, 0.2) is 30.3 Å². The van der Waals surface area contributed by atoms with Crippen LogP contribution in [0.25, 0.3) is 0 Å². The molecule has 0 aromatic heterocycles. The molecule has 0 radical (unpaired) electrons. The number of fused-ring (bicyclic) bond motifs is 1. The lowest BCUT2D eigenvalue weighted by Gasteiger charge is -2.34. The molecule has 1 aliphatic heterocycles. The van der Waals surface area contributed by atoms with E-state index in [-0.39, 0.29) is 12.5 Å². The van der Waals surface area contributed by atoms with E-state index in [1.54, 1.807) is 49.5 Å². The molecule has 1 atom stereocenters. The average molecular weight is 373 g/mol. The second-order valence-electron chi connectivity index (χ2n) is 6.17. The molecular formula is C20H23NO6. The number of methoxy groups -OCH3 is 4. The van der Waals surface area contributed by atoms with Gasteiger partial charge in [0.05, 0.1) is 41.5 Å². The van der Waals surface area contributed by atoms with E-state index in [0.717, 1.165) is 5.56 Å². The molecule has 0 aliphatic carbocycles. The van der Waals surface area contributed by atoms with Gasteiger partial charge in [0.25, 0.3) is 5.91 Å². The van der Waals surface area contributed by atoms with Crippen LogP contribution < -0.4 is 18.9 Å². The molecule has 0 saturated heterocycles. The van der Waals surface area contributed by atoms with Gasteiger partial charge in [-0.05, 0) is 24.3 Å². The van der Waals surface area contributed by atoms with Gasteiger partial charge in [0.1, 0.15) is 29.1 Å². The second kappa shape index (κ2) is 7.75. The van der Waals surface area contributed by atoms with E-state index in [0.29, 0.717) is 40.7 Å². The van der Waals surface area contributed by atoms with Crippen molar-refractivity contribution in [3.05, 3.63) is 47.0 Å². The number of rotatable bonds is 5. The van der Waals surface area contributed by atoms with Crippen molar-refractivity contribution in [1.82, 2.24) is 4.90 Å². The molecule has 0 fully saturated rings. The molecule has 0 saturated carbocycles. The minimum atomic E-state index is -0.879. The molecule has 0 spiro atoms. The van der Waals surface area contributed by atoms with Gasteiger partial charge < -0.3 is 29.0 Å². The smallest absolute Gasteiger partial charge is 0.254 e. The molecule has 1 N–H and O–H groups in total. The van der Waals surface area contributed by atoms with Crippen molar-refractivity contribution in [1.29, 1.82) is 0 Å². The lowest BCUT2D eigenvalue weighted by atomic mass is 9.94. The highest BCUT2D eigenvalue weighted by molar-refractivity contribution is 5.95. The summed E-state index contributed by atoms with van der Waals surface area (Å²) in [6.07, 6.45) is -0.879. The summed E-state index contributed by atoms with van der Waals surface area (Å²) in [5, 5.41) is 10.7. The van der Waals surface area contributed by atoms with Gasteiger partial charge in [0.2, 0.25) is 0 Å². The van der Waals surface area contributed by atoms with Crippen LogP contribution in [0.1, 0.15) is 27.6 Å². The SMILES string of the molecule is COc1cc(OC)cc(C(=O)N2Cc3c(OC)ccc(OC)c3[C@H](O)C2)c1. The van der Waals surface area contributed by atoms with E-state index in [2.05, 4.69) is 0 Å². The Labute approximate surface area is 158 Å². The van der Waals surface area contributed by atoms with Gasteiger partial charge in [-0.1, -0.05) is 0 Å². The number of carbonyl (C=O) groups excluding carboxylic acids is 1. The number of hydrogen-bond donors (Lipinski definition) is 1. The van der Waals surface area contributed by atoms with Gasteiger partial charge >= 0.3 is 0 Å². The average Bonchev–Trinajstić information content (AvgIpc) is 2.71. The fraction of sp³-hybridized carbons (Fsp3) is 0.350. The summed E-state index contributed by atoms with van der Waals surface area (Å²) >= 11 is 0. The number of carbonyl (C=O) groups is 1. The van der Waals surface area contributed by atoms with Crippen molar-refractivity contribution in [3.63, 3.8) is 0 Å². The zero-order chi connectivity index (χ0) is 19.6. The summed E-state index contributed by atoms with van der Waals surface area (Å²) in [4.78, 5) is 14.6.